The molecule has 0 aromatic rings. The summed E-state index contributed by atoms with van der Waals surface area (Å²) in [5.74, 6) is 2.08. The molecule has 0 aromatic carbocycles. The van der Waals surface area contributed by atoms with E-state index in [1.165, 1.54) is 19.3 Å². The summed E-state index contributed by atoms with van der Waals surface area (Å²) in [6.07, 6.45) is 13.0. The number of rotatable bonds is 4. The molecule has 6 aliphatic rings. The number of esters is 1. The second kappa shape index (κ2) is 9.80. The number of hydrogen-bond acceptors (Lipinski definition) is 5. The lowest BCUT2D eigenvalue weighted by molar-refractivity contribution is -0.351. The molecule has 4 saturated carbocycles. The maximum absolute atomic E-state index is 13.9. The minimum atomic E-state index is -0.483. The second-order valence-corrected chi connectivity index (χ2v) is 16.7. The molecule has 0 radical (unpaired) electrons. The second-order valence-electron chi connectivity index (χ2n) is 16.7. The predicted octanol–water partition coefficient (Wildman–Crippen LogP) is 8.31. The van der Waals surface area contributed by atoms with Crippen molar-refractivity contribution in [3.05, 3.63) is 11.6 Å². The summed E-state index contributed by atoms with van der Waals surface area (Å²) in [6.45, 7) is 22.7. The zero-order chi connectivity index (χ0) is 29.6. The molecule has 11 atom stereocenters. The highest BCUT2D eigenvalue weighted by Gasteiger charge is 2.70. The Bertz CT molecular complexity index is 1080. The van der Waals surface area contributed by atoms with Gasteiger partial charge in [-0.2, -0.15) is 0 Å². The van der Waals surface area contributed by atoms with Gasteiger partial charge in [0.2, 0.25) is 0 Å². The van der Waals surface area contributed by atoms with Crippen LogP contribution in [-0.2, 0) is 23.7 Å². The van der Waals surface area contributed by atoms with Gasteiger partial charge in [-0.05, 0) is 124 Å². The van der Waals surface area contributed by atoms with E-state index < -0.39 is 11.2 Å². The van der Waals surface area contributed by atoms with Crippen molar-refractivity contribution in [1.29, 1.82) is 0 Å². The molecule has 6 rings (SSSR count). The summed E-state index contributed by atoms with van der Waals surface area (Å²) in [5, 5.41) is 0. The number of ether oxygens (including phenoxy) is 4. The van der Waals surface area contributed by atoms with Crippen LogP contribution in [0.4, 0.5) is 0 Å². The standard InChI is InChI=1S/C36H58O5/c1-10-38-22-39-30(37)36-18-13-23(2)24(3)29(36)25-11-12-27-32(6)16-15-28-33(7,21-40-31(4,5)41-28)26(32)14-17-35(27,9)34(25,8)19-20-36/h11,23-24,26-29H,10,12-22H2,1-9H3/t23-,24?,26?,27?,28?,29?,32?,33-,34-,35?,36?/m1/s1. The fourth-order valence-electron chi connectivity index (χ4n) is 12.1. The SMILES string of the molecule is CCOCOC(=O)C12CC[C@@H](C)C(C)C1C1=CCC3C4(C)CCC5OC(C)(C)OC[C@]5(C)C4CCC3(C)[C@]1(C)CC2. The lowest BCUT2D eigenvalue weighted by atomic mass is 9.33. The van der Waals surface area contributed by atoms with Gasteiger partial charge in [0.15, 0.2) is 12.6 Å². The van der Waals surface area contributed by atoms with E-state index in [-0.39, 0.29) is 46.4 Å². The van der Waals surface area contributed by atoms with Crippen molar-refractivity contribution in [3.63, 3.8) is 0 Å². The van der Waals surface area contributed by atoms with Gasteiger partial charge in [-0.3, -0.25) is 4.79 Å². The average molecular weight is 571 g/mol. The maximum Gasteiger partial charge on any atom is 0.314 e. The molecule has 5 fully saturated rings. The summed E-state index contributed by atoms with van der Waals surface area (Å²) in [6, 6.07) is 0. The predicted molar refractivity (Wildman–Crippen MR) is 161 cm³/mol. The van der Waals surface area contributed by atoms with Crippen LogP contribution in [0.25, 0.3) is 0 Å². The smallest absolute Gasteiger partial charge is 0.314 e. The van der Waals surface area contributed by atoms with Crippen LogP contribution in [0, 0.1) is 56.7 Å². The molecule has 1 saturated heterocycles. The summed E-state index contributed by atoms with van der Waals surface area (Å²) in [5.41, 5.74) is 1.82. The number of fused-ring (bicyclic) bond motifs is 9. The van der Waals surface area contributed by atoms with Crippen molar-refractivity contribution in [3.8, 4) is 0 Å². The van der Waals surface area contributed by atoms with Crippen molar-refractivity contribution in [2.24, 2.45) is 56.7 Å². The van der Waals surface area contributed by atoms with Crippen molar-refractivity contribution >= 4 is 5.97 Å². The van der Waals surface area contributed by atoms with E-state index in [1.807, 2.05) is 6.92 Å². The molecule has 5 nitrogen and oxygen atoms in total. The molecule has 0 spiro atoms. The van der Waals surface area contributed by atoms with Crippen LogP contribution in [0.2, 0.25) is 0 Å². The quantitative estimate of drug-likeness (QED) is 0.147. The van der Waals surface area contributed by atoms with Crippen LogP contribution in [0.15, 0.2) is 11.6 Å². The van der Waals surface area contributed by atoms with Crippen molar-refractivity contribution in [2.75, 3.05) is 20.0 Å². The lowest BCUT2D eigenvalue weighted by Gasteiger charge is -2.72. The van der Waals surface area contributed by atoms with Gasteiger partial charge in [0.25, 0.3) is 0 Å². The Labute approximate surface area is 249 Å². The Morgan fingerprint density at radius 1 is 0.927 bits per heavy atom. The zero-order valence-electron chi connectivity index (χ0n) is 27.6. The highest BCUT2D eigenvalue weighted by molar-refractivity contribution is 5.78. The number of carbonyl (C=O) groups is 1. The van der Waals surface area contributed by atoms with Crippen molar-refractivity contribution in [2.45, 2.75) is 132 Å². The first kappa shape index (κ1) is 30.1. The highest BCUT2D eigenvalue weighted by Crippen LogP contribution is 2.76. The Hall–Kier alpha value is -0.910. The first-order chi connectivity index (χ1) is 19.2. The molecule has 41 heavy (non-hydrogen) atoms. The first-order valence-corrected chi connectivity index (χ1v) is 17.0. The van der Waals surface area contributed by atoms with Gasteiger partial charge >= 0.3 is 5.97 Å². The van der Waals surface area contributed by atoms with E-state index in [4.69, 9.17) is 18.9 Å². The van der Waals surface area contributed by atoms with E-state index >= 15 is 0 Å². The van der Waals surface area contributed by atoms with Crippen LogP contribution < -0.4 is 0 Å². The van der Waals surface area contributed by atoms with Crippen LogP contribution in [0.5, 0.6) is 0 Å². The molecule has 0 N–H and O–H groups in total. The molecule has 232 valence electrons. The van der Waals surface area contributed by atoms with Crippen molar-refractivity contribution < 1.29 is 23.7 Å². The van der Waals surface area contributed by atoms with Gasteiger partial charge in [0.05, 0.1) is 18.1 Å². The fraction of sp³-hybridized carbons (Fsp3) is 0.917. The highest BCUT2D eigenvalue weighted by atomic mass is 16.7. The van der Waals surface area contributed by atoms with E-state index in [0.717, 1.165) is 45.1 Å². The minimum Gasteiger partial charge on any atom is -0.438 e. The first-order valence-electron chi connectivity index (χ1n) is 17.0. The van der Waals surface area contributed by atoms with Gasteiger partial charge in [-0.1, -0.05) is 53.2 Å². The molecule has 8 unspecified atom stereocenters. The molecule has 0 bridgehead atoms. The summed E-state index contributed by atoms with van der Waals surface area (Å²) >= 11 is 0. The third-order valence-electron chi connectivity index (χ3n) is 14.8. The third-order valence-corrected chi connectivity index (χ3v) is 14.8. The largest absolute Gasteiger partial charge is 0.438 e. The van der Waals surface area contributed by atoms with E-state index in [2.05, 4.69) is 61.5 Å². The van der Waals surface area contributed by atoms with E-state index in [1.54, 1.807) is 5.57 Å². The topological polar surface area (TPSA) is 54.0 Å². The monoisotopic (exact) mass is 570 g/mol. The van der Waals surface area contributed by atoms with Crippen LogP contribution in [-0.4, -0.2) is 37.9 Å². The molecular formula is C36H58O5. The van der Waals surface area contributed by atoms with Gasteiger partial charge in [-0.15, -0.1) is 0 Å². The van der Waals surface area contributed by atoms with E-state index in [9.17, 15) is 4.79 Å². The molecule has 5 aliphatic carbocycles. The van der Waals surface area contributed by atoms with Gasteiger partial charge < -0.3 is 18.9 Å². The van der Waals surface area contributed by atoms with Crippen LogP contribution in [0.3, 0.4) is 0 Å². The van der Waals surface area contributed by atoms with Gasteiger partial charge in [-0.25, -0.2) is 0 Å². The van der Waals surface area contributed by atoms with Gasteiger partial charge in [0, 0.05) is 12.0 Å². The molecule has 1 aliphatic heterocycles. The summed E-state index contributed by atoms with van der Waals surface area (Å²) in [4.78, 5) is 13.9. The summed E-state index contributed by atoms with van der Waals surface area (Å²) in [7, 11) is 0. The maximum atomic E-state index is 13.9. The fourth-order valence-corrected chi connectivity index (χ4v) is 12.1. The average Bonchev–Trinajstić information content (AvgIpc) is 2.91. The van der Waals surface area contributed by atoms with Crippen molar-refractivity contribution in [1.82, 2.24) is 0 Å². The molecular weight excluding hydrogens is 512 g/mol. The number of carbonyl (C=O) groups excluding carboxylic acids is 1. The third kappa shape index (κ3) is 4.06. The van der Waals surface area contributed by atoms with Crippen LogP contribution in [0.1, 0.15) is 120 Å². The Kier molecular flexibility index (Phi) is 7.20. The molecule has 0 amide bonds. The Morgan fingerprint density at radius 2 is 1.68 bits per heavy atom. The Morgan fingerprint density at radius 3 is 2.41 bits per heavy atom. The van der Waals surface area contributed by atoms with E-state index in [0.29, 0.717) is 30.3 Å². The van der Waals surface area contributed by atoms with Gasteiger partial charge in [0.1, 0.15) is 0 Å². The molecule has 0 aromatic heterocycles. The molecule has 5 heteroatoms. The normalized spacial score (nSPS) is 52.1. The number of allylic oxidation sites excluding steroid dienone is 2. The lowest BCUT2D eigenvalue weighted by Crippen LogP contribution is -2.68. The molecule has 1 heterocycles. The van der Waals surface area contributed by atoms with Crippen LogP contribution >= 0.6 is 0 Å². The zero-order valence-corrected chi connectivity index (χ0v) is 27.6. The minimum absolute atomic E-state index is 0.00735. The Balaban J connectivity index is 1.37. The summed E-state index contributed by atoms with van der Waals surface area (Å²) < 4.78 is 24.3. The number of hydrogen-bond donors (Lipinski definition) is 0.